The number of nitrogens with zero attached hydrogens (tertiary/aromatic N) is 8. The molecule has 0 fully saturated rings. The van der Waals surface area contributed by atoms with Crippen molar-refractivity contribution in [2.75, 3.05) is 0 Å². The smallest absolute Gasteiger partial charge is 0.160 e. The van der Waals surface area contributed by atoms with Gasteiger partial charge in [0.25, 0.3) is 0 Å². The molecule has 0 saturated carbocycles. The summed E-state index contributed by atoms with van der Waals surface area (Å²) >= 11 is 0. The first-order chi connectivity index (χ1) is 37.5. The lowest BCUT2D eigenvalue weighted by Crippen LogP contribution is -2.03. The predicted octanol–water partition coefficient (Wildman–Crippen LogP) is 16.2. The number of aromatic nitrogens is 4. The molecule has 0 aliphatic heterocycles. The maximum Gasteiger partial charge on any atom is 0.160 e. The van der Waals surface area contributed by atoms with Crippen LogP contribution in [0.25, 0.3) is 122 Å². The molecule has 350 valence electrons. The molecule has 76 heavy (non-hydrogen) atoms. The van der Waals surface area contributed by atoms with E-state index in [9.17, 15) is 21.0 Å². The number of fused-ring (bicyclic) bond motifs is 6. The second-order valence-corrected chi connectivity index (χ2v) is 18.6. The summed E-state index contributed by atoms with van der Waals surface area (Å²) in [6.45, 7) is 0. The first-order valence-corrected chi connectivity index (χ1v) is 24.7. The summed E-state index contributed by atoms with van der Waals surface area (Å²) in [7, 11) is 0. The molecule has 0 aliphatic rings. The van der Waals surface area contributed by atoms with E-state index in [2.05, 4.69) is 191 Å². The summed E-state index contributed by atoms with van der Waals surface area (Å²) in [5, 5.41) is 43.9. The van der Waals surface area contributed by atoms with Crippen LogP contribution in [0, 0.1) is 45.3 Å². The first-order valence-electron chi connectivity index (χ1n) is 24.7. The van der Waals surface area contributed by atoms with Crippen molar-refractivity contribution in [1.82, 2.24) is 19.1 Å². The van der Waals surface area contributed by atoms with Gasteiger partial charge < -0.3 is 9.13 Å². The van der Waals surface area contributed by atoms with Gasteiger partial charge in [-0.2, -0.15) is 21.0 Å². The zero-order valence-electron chi connectivity index (χ0n) is 40.5. The summed E-state index contributed by atoms with van der Waals surface area (Å²) in [4.78, 5) is 10.6. The van der Waals surface area contributed by atoms with Crippen molar-refractivity contribution >= 4 is 43.6 Å². The van der Waals surface area contributed by atoms with E-state index >= 15 is 0 Å². The van der Waals surface area contributed by atoms with Crippen LogP contribution in [0.1, 0.15) is 22.3 Å². The monoisotopic (exact) mass is 966 g/mol. The van der Waals surface area contributed by atoms with Crippen LogP contribution >= 0.6 is 0 Å². The summed E-state index contributed by atoms with van der Waals surface area (Å²) in [5.74, 6) is 0.581. The molecule has 8 heteroatoms. The number of para-hydroxylation sites is 3. The standard InChI is InChI=1S/C68H38N8/c69-39-43-23-28-52(50(33-43)41-71)47-25-30-65-57(35-47)54-17-7-10-20-62(54)75(65)63-21-11-9-19-56(63)59-37-49(68-73-60(45-13-3-1-4-14-45)38-61(74-68)46-15-5-2-6-16-46)27-32-67(59)76-64-22-12-8-18-55(64)58-36-48(26-31-66(58)76)53-29-24-44(40-70)34-51(53)42-72/h1-38H. The van der Waals surface area contributed by atoms with Gasteiger partial charge in [0.2, 0.25) is 0 Å². The Hall–Kier alpha value is -11.2. The Morgan fingerprint density at radius 1 is 0.289 bits per heavy atom. The van der Waals surface area contributed by atoms with Crippen LogP contribution in [0.15, 0.2) is 231 Å². The molecule has 0 bridgehead atoms. The fourth-order valence-corrected chi connectivity index (χ4v) is 10.8. The minimum atomic E-state index is 0.436. The molecule has 13 aromatic rings. The largest absolute Gasteiger partial charge is 0.309 e. The summed E-state index contributed by atoms with van der Waals surface area (Å²) in [6, 6.07) is 86.5. The Morgan fingerprint density at radius 3 is 1.25 bits per heavy atom. The second kappa shape index (κ2) is 18.5. The number of hydrogen-bond donors (Lipinski definition) is 0. The molecule has 0 unspecified atom stereocenters. The second-order valence-electron chi connectivity index (χ2n) is 18.6. The van der Waals surface area contributed by atoms with E-state index < -0.39 is 0 Å². The average Bonchev–Trinajstić information content (AvgIpc) is 4.10. The third-order valence-electron chi connectivity index (χ3n) is 14.3. The third kappa shape index (κ3) is 7.51. The van der Waals surface area contributed by atoms with Gasteiger partial charge in [0, 0.05) is 49.4 Å². The van der Waals surface area contributed by atoms with Crippen molar-refractivity contribution < 1.29 is 0 Å². The molecule has 8 nitrogen and oxygen atoms in total. The van der Waals surface area contributed by atoms with Crippen molar-refractivity contribution in [3.8, 4) is 103 Å². The van der Waals surface area contributed by atoms with Crippen LogP contribution in [0.2, 0.25) is 0 Å². The Kier molecular flexibility index (Phi) is 10.9. The molecule has 10 aromatic carbocycles. The minimum Gasteiger partial charge on any atom is -0.309 e. The van der Waals surface area contributed by atoms with Gasteiger partial charge in [-0.1, -0.05) is 140 Å². The number of benzene rings is 10. The first kappa shape index (κ1) is 44.8. The van der Waals surface area contributed by atoms with E-state index in [4.69, 9.17) is 9.97 Å². The lowest BCUT2D eigenvalue weighted by molar-refractivity contribution is 1.15. The molecule has 3 aromatic heterocycles. The maximum atomic E-state index is 10.2. The van der Waals surface area contributed by atoms with E-state index in [-0.39, 0.29) is 0 Å². The van der Waals surface area contributed by atoms with Crippen LogP contribution in [0.5, 0.6) is 0 Å². The average molecular weight is 967 g/mol. The fraction of sp³-hybridized carbons (Fsp3) is 0. The lowest BCUT2D eigenvalue weighted by atomic mass is 9.96. The zero-order chi connectivity index (χ0) is 51.3. The number of nitriles is 4. The van der Waals surface area contributed by atoms with Gasteiger partial charge in [0.1, 0.15) is 0 Å². The molecule has 0 aliphatic carbocycles. The van der Waals surface area contributed by atoms with Gasteiger partial charge in [-0.25, -0.2) is 9.97 Å². The highest BCUT2D eigenvalue weighted by molar-refractivity contribution is 6.13. The minimum absolute atomic E-state index is 0.436. The van der Waals surface area contributed by atoms with E-state index in [0.717, 1.165) is 116 Å². The van der Waals surface area contributed by atoms with Crippen molar-refractivity contribution in [2.24, 2.45) is 0 Å². The Morgan fingerprint density at radius 2 is 0.737 bits per heavy atom. The summed E-state index contributed by atoms with van der Waals surface area (Å²) in [6.07, 6.45) is 0. The highest BCUT2D eigenvalue weighted by Gasteiger charge is 2.23. The van der Waals surface area contributed by atoms with E-state index in [1.165, 1.54) is 0 Å². The Labute approximate surface area is 437 Å². The van der Waals surface area contributed by atoms with Gasteiger partial charge in [0.15, 0.2) is 5.82 Å². The van der Waals surface area contributed by atoms with Gasteiger partial charge in [-0.3, -0.25) is 0 Å². The van der Waals surface area contributed by atoms with Crippen molar-refractivity contribution in [1.29, 1.82) is 21.0 Å². The van der Waals surface area contributed by atoms with Crippen molar-refractivity contribution in [2.45, 2.75) is 0 Å². The highest BCUT2D eigenvalue weighted by atomic mass is 15.0. The normalized spacial score (nSPS) is 11.1. The Balaban J connectivity index is 1.08. The van der Waals surface area contributed by atoms with Crippen molar-refractivity contribution in [3.05, 3.63) is 253 Å². The molecule has 0 amide bonds. The quantitative estimate of drug-likeness (QED) is 0.149. The fourth-order valence-electron chi connectivity index (χ4n) is 10.8. The highest BCUT2D eigenvalue weighted by Crippen LogP contribution is 2.44. The van der Waals surface area contributed by atoms with Crippen LogP contribution in [0.3, 0.4) is 0 Å². The zero-order valence-corrected chi connectivity index (χ0v) is 40.5. The van der Waals surface area contributed by atoms with E-state index in [1.54, 1.807) is 24.3 Å². The molecular formula is C68H38N8. The van der Waals surface area contributed by atoms with Gasteiger partial charge in [-0.05, 0) is 113 Å². The molecule has 0 N–H and O–H groups in total. The van der Waals surface area contributed by atoms with Gasteiger partial charge in [0.05, 0.1) is 91.4 Å². The molecule has 0 spiro atoms. The van der Waals surface area contributed by atoms with E-state index in [1.807, 2.05) is 48.5 Å². The van der Waals surface area contributed by atoms with E-state index in [0.29, 0.717) is 28.1 Å². The molecule has 3 heterocycles. The summed E-state index contributed by atoms with van der Waals surface area (Å²) in [5.41, 5.74) is 17.2. The molecule has 0 atom stereocenters. The van der Waals surface area contributed by atoms with Gasteiger partial charge >= 0.3 is 0 Å². The van der Waals surface area contributed by atoms with Gasteiger partial charge in [-0.15, -0.1) is 0 Å². The molecule has 0 radical (unpaired) electrons. The van der Waals surface area contributed by atoms with Crippen LogP contribution in [0.4, 0.5) is 0 Å². The molecular weight excluding hydrogens is 929 g/mol. The number of hydrogen-bond acceptors (Lipinski definition) is 6. The topological polar surface area (TPSA) is 131 Å². The summed E-state index contributed by atoms with van der Waals surface area (Å²) < 4.78 is 4.65. The maximum absolute atomic E-state index is 10.2. The van der Waals surface area contributed by atoms with Crippen LogP contribution in [-0.2, 0) is 0 Å². The van der Waals surface area contributed by atoms with Crippen LogP contribution < -0.4 is 0 Å². The molecule has 0 saturated heterocycles. The SMILES string of the molecule is N#Cc1ccc(-c2ccc3c(c2)c2ccccc2n3-c2ccccc2-c2cc(-c3nc(-c4ccccc4)cc(-c4ccccc4)n3)ccc2-n2c3ccccc3c3cc(-c4ccc(C#N)cc4C#N)ccc32)c(C#N)c1. The van der Waals surface area contributed by atoms with Crippen LogP contribution in [-0.4, -0.2) is 19.1 Å². The lowest BCUT2D eigenvalue weighted by Gasteiger charge is -2.20. The van der Waals surface area contributed by atoms with Crippen molar-refractivity contribution in [3.63, 3.8) is 0 Å². The predicted molar refractivity (Wildman–Crippen MR) is 302 cm³/mol. The number of rotatable bonds is 8. The molecule has 13 rings (SSSR count). The Bertz CT molecular complexity index is 4630. The third-order valence-corrected chi connectivity index (χ3v) is 14.3.